The predicted octanol–water partition coefficient (Wildman–Crippen LogP) is 3.83. The number of methoxy groups -OCH3 is 1. The van der Waals surface area contributed by atoms with Crippen LogP contribution in [-0.2, 0) is 4.74 Å². The number of fused-ring (bicyclic) bond motifs is 1. The molecule has 0 aromatic carbocycles. The molecule has 3 aromatic rings. The van der Waals surface area contributed by atoms with Crippen molar-refractivity contribution in [3.05, 3.63) is 41.0 Å². The van der Waals surface area contributed by atoms with Crippen molar-refractivity contribution < 1.29 is 9.53 Å². The van der Waals surface area contributed by atoms with Gasteiger partial charge in [0, 0.05) is 64.9 Å². The molecule has 0 bridgehead atoms. The van der Waals surface area contributed by atoms with Crippen LogP contribution in [0.2, 0.25) is 0 Å². The fourth-order valence-electron chi connectivity index (χ4n) is 5.06. The van der Waals surface area contributed by atoms with Crippen LogP contribution < -0.4 is 15.5 Å². The van der Waals surface area contributed by atoms with E-state index in [2.05, 4.69) is 37.6 Å². The number of anilines is 3. The number of rotatable bonds is 6. The van der Waals surface area contributed by atoms with E-state index in [9.17, 15) is 4.79 Å². The van der Waals surface area contributed by atoms with Crippen LogP contribution in [0.5, 0.6) is 0 Å². The summed E-state index contributed by atoms with van der Waals surface area (Å²) in [6.07, 6.45) is 7.07. The highest BCUT2D eigenvalue weighted by atomic mass is 32.1. The molecule has 2 aliphatic rings. The van der Waals surface area contributed by atoms with E-state index in [1.165, 1.54) is 11.3 Å². The lowest BCUT2D eigenvalue weighted by molar-refractivity contribution is 0.0821. The molecule has 34 heavy (non-hydrogen) atoms. The molecule has 2 N–H and O–H groups in total. The molecule has 2 fully saturated rings. The number of carbonyl (C=O) groups is 1. The van der Waals surface area contributed by atoms with Gasteiger partial charge in [-0.3, -0.25) is 4.79 Å². The fraction of sp³-hybridized carbons (Fsp3) is 0.480. The average Bonchev–Trinajstić information content (AvgIpc) is 3.48. The monoisotopic (exact) mass is 480 g/mol. The largest absolute Gasteiger partial charge is 0.381 e. The van der Waals surface area contributed by atoms with E-state index < -0.39 is 0 Å². The summed E-state index contributed by atoms with van der Waals surface area (Å²) in [5, 5.41) is 7.81. The minimum atomic E-state index is 0.0395. The van der Waals surface area contributed by atoms with Gasteiger partial charge in [0.15, 0.2) is 0 Å². The van der Waals surface area contributed by atoms with Gasteiger partial charge in [-0.25, -0.2) is 9.97 Å². The number of thiophene rings is 1. The van der Waals surface area contributed by atoms with Gasteiger partial charge in [-0.15, -0.1) is 11.3 Å². The van der Waals surface area contributed by atoms with Crippen molar-refractivity contribution in [2.75, 3.05) is 57.6 Å². The summed E-state index contributed by atoms with van der Waals surface area (Å²) in [6.45, 7) is 3.97. The third kappa shape index (κ3) is 4.47. The average molecular weight is 481 g/mol. The lowest BCUT2D eigenvalue weighted by Gasteiger charge is -2.29. The van der Waals surface area contributed by atoms with Gasteiger partial charge >= 0.3 is 0 Å². The van der Waals surface area contributed by atoms with Crippen LogP contribution in [0.25, 0.3) is 10.1 Å². The highest BCUT2D eigenvalue weighted by Crippen LogP contribution is 2.45. The van der Waals surface area contributed by atoms with Gasteiger partial charge in [0.1, 0.15) is 11.6 Å². The van der Waals surface area contributed by atoms with Crippen molar-refractivity contribution in [2.24, 2.45) is 0 Å². The highest BCUT2D eigenvalue weighted by molar-refractivity contribution is 7.21. The second kappa shape index (κ2) is 9.85. The Morgan fingerprint density at radius 1 is 1.18 bits per heavy atom. The summed E-state index contributed by atoms with van der Waals surface area (Å²) in [5.74, 6) is 1.73. The SMILES string of the molecule is COC1CCCC1c1c(C(=O)N(C)C)sc2cnc(Nc3ccc(N4CCNCC4)cn3)cc12. The van der Waals surface area contributed by atoms with Crippen molar-refractivity contribution in [1.82, 2.24) is 20.2 Å². The molecule has 1 saturated carbocycles. The zero-order chi connectivity index (χ0) is 23.7. The van der Waals surface area contributed by atoms with Crippen LogP contribution in [0.3, 0.4) is 0 Å². The first-order chi connectivity index (χ1) is 16.5. The minimum absolute atomic E-state index is 0.0395. The van der Waals surface area contributed by atoms with Gasteiger partial charge in [-0.2, -0.15) is 0 Å². The third-order valence-electron chi connectivity index (χ3n) is 6.83. The molecule has 3 aromatic heterocycles. The van der Waals surface area contributed by atoms with Crippen molar-refractivity contribution in [3.63, 3.8) is 0 Å². The maximum atomic E-state index is 13.1. The summed E-state index contributed by atoms with van der Waals surface area (Å²) in [4.78, 5) is 27.1. The van der Waals surface area contributed by atoms with Crippen LogP contribution in [0.1, 0.15) is 40.4 Å². The van der Waals surface area contributed by atoms with Gasteiger partial charge in [0.05, 0.1) is 27.6 Å². The number of carbonyl (C=O) groups excluding carboxylic acids is 1. The Labute approximate surface area is 204 Å². The zero-order valence-electron chi connectivity index (χ0n) is 20.0. The number of aromatic nitrogens is 2. The molecular formula is C25H32N6O2S. The predicted molar refractivity (Wildman–Crippen MR) is 138 cm³/mol. The fourth-order valence-corrected chi connectivity index (χ4v) is 6.31. The Morgan fingerprint density at radius 3 is 2.68 bits per heavy atom. The summed E-state index contributed by atoms with van der Waals surface area (Å²) in [6, 6.07) is 6.16. The smallest absolute Gasteiger partial charge is 0.263 e. The molecule has 8 nitrogen and oxygen atoms in total. The normalized spacial score (nSPS) is 20.6. The second-order valence-corrected chi connectivity index (χ2v) is 10.2. The Morgan fingerprint density at radius 2 is 1.97 bits per heavy atom. The highest BCUT2D eigenvalue weighted by Gasteiger charge is 2.34. The van der Waals surface area contributed by atoms with Gasteiger partial charge in [-0.05, 0) is 36.6 Å². The molecule has 2 atom stereocenters. The maximum absolute atomic E-state index is 13.1. The van der Waals surface area contributed by atoms with Crippen LogP contribution in [0.4, 0.5) is 17.3 Å². The Bertz CT molecular complexity index is 1160. The number of ether oxygens (including phenoxy) is 1. The van der Waals surface area contributed by atoms with Crippen molar-refractivity contribution in [3.8, 4) is 0 Å². The van der Waals surface area contributed by atoms with Crippen LogP contribution >= 0.6 is 11.3 Å². The van der Waals surface area contributed by atoms with Gasteiger partial charge < -0.3 is 25.2 Å². The van der Waals surface area contributed by atoms with E-state index in [1.54, 1.807) is 26.1 Å². The van der Waals surface area contributed by atoms with Crippen molar-refractivity contribution in [2.45, 2.75) is 31.3 Å². The van der Waals surface area contributed by atoms with Crippen LogP contribution in [0, 0.1) is 0 Å². The molecule has 1 aliphatic heterocycles. The first-order valence-corrected chi connectivity index (χ1v) is 12.7. The molecule has 2 unspecified atom stereocenters. The van der Waals surface area contributed by atoms with E-state index in [1.807, 2.05) is 18.5 Å². The molecular weight excluding hydrogens is 448 g/mol. The standard InChI is InChI=1S/C25H32N6O2S/c1-30(2)25(32)24-23(17-5-4-6-19(17)33-3)18-13-22(28-15-20(18)34-24)29-21-8-7-16(14-27-21)31-11-9-26-10-12-31/h7-8,13-15,17,19,26H,4-6,9-12H2,1-3H3,(H,27,28,29). The summed E-state index contributed by atoms with van der Waals surface area (Å²) >= 11 is 1.53. The van der Waals surface area contributed by atoms with Crippen LogP contribution in [-0.4, -0.2) is 74.3 Å². The molecule has 0 spiro atoms. The molecule has 1 saturated heterocycles. The summed E-state index contributed by atoms with van der Waals surface area (Å²) in [5.41, 5.74) is 2.24. The summed E-state index contributed by atoms with van der Waals surface area (Å²) in [7, 11) is 5.38. The number of amides is 1. The molecule has 0 radical (unpaired) electrons. The van der Waals surface area contributed by atoms with E-state index in [4.69, 9.17) is 4.74 Å². The quantitative estimate of drug-likeness (QED) is 0.555. The van der Waals surface area contributed by atoms with Crippen LogP contribution in [0.15, 0.2) is 30.6 Å². The van der Waals surface area contributed by atoms with E-state index in [0.717, 1.165) is 83.3 Å². The summed E-state index contributed by atoms with van der Waals surface area (Å²) < 4.78 is 6.83. The third-order valence-corrected chi connectivity index (χ3v) is 7.97. The number of nitrogens with zero attached hydrogens (tertiary/aromatic N) is 4. The maximum Gasteiger partial charge on any atom is 0.263 e. The molecule has 1 aliphatic carbocycles. The van der Waals surface area contributed by atoms with E-state index in [0.29, 0.717) is 0 Å². The number of piperazine rings is 1. The zero-order valence-corrected chi connectivity index (χ0v) is 20.8. The Kier molecular flexibility index (Phi) is 6.67. The number of hydrogen-bond acceptors (Lipinski definition) is 8. The number of hydrogen-bond donors (Lipinski definition) is 2. The molecule has 5 rings (SSSR count). The minimum Gasteiger partial charge on any atom is -0.381 e. The molecule has 4 heterocycles. The van der Waals surface area contributed by atoms with E-state index in [-0.39, 0.29) is 17.9 Å². The topological polar surface area (TPSA) is 82.6 Å². The van der Waals surface area contributed by atoms with Crippen molar-refractivity contribution in [1.29, 1.82) is 0 Å². The number of nitrogens with one attached hydrogen (secondary N) is 2. The molecule has 180 valence electrons. The Balaban J connectivity index is 1.46. The number of pyridine rings is 2. The van der Waals surface area contributed by atoms with Gasteiger partial charge in [0.25, 0.3) is 5.91 Å². The molecule has 1 amide bonds. The lowest BCUT2D eigenvalue weighted by atomic mass is 9.92. The van der Waals surface area contributed by atoms with E-state index >= 15 is 0 Å². The van der Waals surface area contributed by atoms with Gasteiger partial charge in [0.2, 0.25) is 0 Å². The lowest BCUT2D eigenvalue weighted by Crippen LogP contribution is -2.43. The van der Waals surface area contributed by atoms with Gasteiger partial charge in [-0.1, -0.05) is 6.42 Å². The first kappa shape index (κ1) is 23.0. The Hall–Kier alpha value is -2.75. The second-order valence-electron chi connectivity index (χ2n) is 9.19. The first-order valence-electron chi connectivity index (χ1n) is 11.9. The van der Waals surface area contributed by atoms with Crippen molar-refractivity contribution >= 4 is 44.7 Å². The molecule has 9 heteroatoms.